The van der Waals surface area contributed by atoms with E-state index in [9.17, 15) is 14.4 Å². The van der Waals surface area contributed by atoms with Gasteiger partial charge in [-0.1, -0.05) is 20.8 Å². The highest BCUT2D eigenvalue weighted by atomic mass is 16.4. The summed E-state index contributed by atoms with van der Waals surface area (Å²) >= 11 is 0. The topological polar surface area (TPSA) is 473 Å². The van der Waals surface area contributed by atoms with Gasteiger partial charge in [-0.15, -0.1) is 10.2 Å². The van der Waals surface area contributed by atoms with Crippen molar-refractivity contribution in [2.24, 2.45) is 33.7 Å². The van der Waals surface area contributed by atoms with Gasteiger partial charge >= 0.3 is 11.9 Å². The lowest BCUT2D eigenvalue weighted by Crippen LogP contribution is -2.32. The van der Waals surface area contributed by atoms with Crippen LogP contribution in [0.4, 0.5) is 0 Å². The number of nitrogens with two attached hydrogens (primary N) is 3. The molecule has 0 saturated carbocycles. The quantitative estimate of drug-likeness (QED) is 0.106. The SMILES string of the molecule is CC(C)c1ncc[nH]1.CCc1ncc(C)[nH]1.Cc1cc(=O)n2[nH]cnc2n1.Cc1cc(C)[nH]n1.Cc1nc[nH]c1C.Cn1ccnc1.NC(Cc1cnc[nH]1)C(=O)O.NC1=NC(C(=O)O)N=N1.Nn1ccnc1.c1cn[nH]n1. The molecule has 10 aromatic heterocycles. The highest BCUT2D eigenvalue weighted by Gasteiger charge is 2.19. The van der Waals surface area contributed by atoms with Crippen molar-refractivity contribution in [1.29, 1.82) is 0 Å². The number of imidazole rings is 6. The minimum atomic E-state index is -1.14. The normalized spacial score (nSPS) is 11.7. The molecule has 0 spiro atoms. The van der Waals surface area contributed by atoms with Crippen LogP contribution in [0, 0.1) is 41.5 Å². The summed E-state index contributed by atoms with van der Waals surface area (Å²) in [7, 11) is 1.94. The highest BCUT2D eigenvalue weighted by Crippen LogP contribution is 2.05. The number of nitrogen functional groups attached to an aromatic ring is 1. The van der Waals surface area contributed by atoms with E-state index < -0.39 is 24.1 Å². The molecule has 1 aliphatic heterocycles. The third-order valence-corrected chi connectivity index (χ3v) is 9.02. The van der Waals surface area contributed by atoms with E-state index in [-0.39, 0.29) is 17.9 Å². The van der Waals surface area contributed by atoms with Gasteiger partial charge in [-0.3, -0.25) is 24.5 Å². The molecule has 0 saturated heterocycles. The van der Waals surface area contributed by atoms with E-state index in [2.05, 4.69) is 127 Å². The average Bonchev–Trinajstić information content (AvgIpc) is 4.23. The summed E-state index contributed by atoms with van der Waals surface area (Å²) in [6.45, 7) is 18.0. The molecule has 0 aromatic carbocycles. The minimum Gasteiger partial charge on any atom is -0.480 e. The average molecular weight is 1080 g/mol. The first-order valence-corrected chi connectivity index (χ1v) is 23.4. The zero-order chi connectivity index (χ0) is 57.8. The number of guanidine groups is 1. The number of aromatic nitrogens is 21. The molecule has 2 atom stereocenters. The molecule has 0 radical (unpaired) electrons. The highest BCUT2D eigenvalue weighted by molar-refractivity contribution is 5.85. The number of carbonyl (C=O) groups is 2. The summed E-state index contributed by atoms with van der Waals surface area (Å²) < 4.78 is 4.56. The van der Waals surface area contributed by atoms with E-state index in [0.29, 0.717) is 17.4 Å². The number of aliphatic carboxylic acids is 2. The molecule has 0 bridgehead atoms. The van der Waals surface area contributed by atoms with E-state index in [4.69, 9.17) is 27.5 Å². The molecule has 15 N–H and O–H groups in total. The third-order valence-electron chi connectivity index (χ3n) is 9.02. The third kappa shape index (κ3) is 27.7. The molecule has 418 valence electrons. The van der Waals surface area contributed by atoms with Crippen LogP contribution in [0.2, 0.25) is 0 Å². The number of rotatable bonds is 6. The second-order valence-electron chi connectivity index (χ2n) is 16.1. The number of aromatic amines is 7. The first-order valence-electron chi connectivity index (χ1n) is 23.4. The summed E-state index contributed by atoms with van der Waals surface area (Å²) in [5.74, 6) is 5.97. The lowest BCUT2D eigenvalue weighted by molar-refractivity contribution is -0.139. The maximum absolute atomic E-state index is 11.1. The number of fused-ring (bicyclic) bond motifs is 1. The Morgan fingerprint density at radius 1 is 0.808 bits per heavy atom. The van der Waals surface area contributed by atoms with Crippen LogP contribution in [0.3, 0.4) is 0 Å². The first-order chi connectivity index (χ1) is 37.2. The van der Waals surface area contributed by atoms with Gasteiger partial charge in [-0.25, -0.2) is 49.7 Å². The molecular weight excluding hydrogens is 1010 g/mol. The van der Waals surface area contributed by atoms with Crippen molar-refractivity contribution < 1.29 is 19.8 Å². The molecule has 1 aliphatic rings. The van der Waals surface area contributed by atoms with Crippen LogP contribution in [-0.2, 0) is 29.5 Å². The second kappa shape index (κ2) is 35.8. The summed E-state index contributed by atoms with van der Waals surface area (Å²) in [6.07, 6.45) is 25.2. The van der Waals surface area contributed by atoms with Crippen molar-refractivity contribution in [2.75, 3.05) is 5.84 Å². The Morgan fingerprint density at radius 2 is 1.53 bits per heavy atom. The number of hydrogen-bond acceptors (Lipinski definition) is 20. The van der Waals surface area contributed by atoms with Crippen LogP contribution in [0.1, 0.15) is 78.2 Å². The van der Waals surface area contributed by atoms with Crippen LogP contribution in [0.15, 0.2) is 126 Å². The number of carboxylic acids is 2. The predicted octanol–water partition coefficient (Wildman–Crippen LogP) is 2.96. The molecule has 11 heterocycles. The van der Waals surface area contributed by atoms with Gasteiger partial charge in [0, 0.05) is 110 Å². The fourth-order valence-electron chi connectivity index (χ4n) is 5.03. The molecule has 32 nitrogen and oxygen atoms in total. The van der Waals surface area contributed by atoms with E-state index >= 15 is 0 Å². The second-order valence-corrected chi connectivity index (χ2v) is 16.1. The van der Waals surface area contributed by atoms with Gasteiger partial charge in [0.25, 0.3) is 17.5 Å². The molecular formula is C46H69N27O5. The van der Waals surface area contributed by atoms with Crippen molar-refractivity contribution in [3.63, 3.8) is 0 Å². The Morgan fingerprint density at radius 3 is 1.85 bits per heavy atom. The molecule has 0 fully saturated rings. The first kappa shape index (κ1) is 63.8. The van der Waals surface area contributed by atoms with Crippen molar-refractivity contribution in [3.05, 3.63) is 168 Å². The number of carboxylic acid groups (broad SMARTS) is 2. The van der Waals surface area contributed by atoms with Crippen molar-refractivity contribution >= 4 is 23.7 Å². The fraction of sp³-hybridized carbons (Fsp3) is 0.326. The maximum atomic E-state index is 11.1. The number of hydrogen-bond donors (Lipinski definition) is 12. The lowest BCUT2D eigenvalue weighted by Gasteiger charge is -2.02. The molecule has 10 aromatic rings. The summed E-state index contributed by atoms with van der Waals surface area (Å²) in [5.41, 5.74) is 17.1. The zero-order valence-electron chi connectivity index (χ0n) is 44.9. The number of nitrogens with zero attached hydrogens (tertiary/aromatic N) is 17. The van der Waals surface area contributed by atoms with E-state index in [0.717, 1.165) is 52.2 Å². The van der Waals surface area contributed by atoms with Gasteiger partial charge in [0.15, 0.2) is 0 Å². The minimum absolute atomic E-state index is 0.0811. The van der Waals surface area contributed by atoms with Gasteiger partial charge in [-0.2, -0.15) is 25.0 Å². The Bertz CT molecular complexity index is 3100. The van der Waals surface area contributed by atoms with Crippen LogP contribution < -0.4 is 22.9 Å². The van der Waals surface area contributed by atoms with Gasteiger partial charge < -0.3 is 52.0 Å². The van der Waals surface area contributed by atoms with E-state index in [1.807, 2.05) is 70.9 Å². The number of nitrogens with one attached hydrogen (secondary N) is 7. The number of aryl methyl sites for hydroxylation is 8. The molecule has 32 heteroatoms. The van der Waals surface area contributed by atoms with Crippen LogP contribution >= 0.6 is 0 Å². The molecule has 2 unspecified atom stereocenters. The standard InChI is InChI=1S/C6H6N4O.C6H9N3O2.2C6H10N2.2C5H8N2.C4H6N2.C3H4N4O2.C3H5N3.C2H3N3/c1-4-2-5(11)10-6(9-4)7-3-8-10;7-5(6(10)11)1-4-2-8-3-9-4;1-5(2)6-7-3-4-8-6;1-3-6-7-4-5(2)8-6;1-4-5(2)7-3-6-4;1-4-3-5(2)7-6-4;1-6-3-2-5-4-6;4-3-5-1(2(8)9)6-7-3;4-6-2-1-5-3-6;1-2-4-5-3-1/h2-3H,1H3,(H,7,8,9);2-3,5H,1,7H2,(H,8,9)(H,10,11);3-5H,1-2H3,(H,7,8);4H,3H2,1-2H3,(H,7,8);2*3H,1-2H3,(H,6,7);2-4H,1H3;1H,(H2,4,5)(H,8,9);1-3H,4H2;1-2H,(H,3,4,5). The predicted molar refractivity (Wildman–Crippen MR) is 288 cm³/mol. The monoisotopic (exact) mass is 1080 g/mol. The Labute approximate surface area is 447 Å². The maximum Gasteiger partial charge on any atom is 0.353 e. The largest absolute Gasteiger partial charge is 0.480 e. The summed E-state index contributed by atoms with van der Waals surface area (Å²) in [4.78, 5) is 77.8. The molecule has 78 heavy (non-hydrogen) atoms. The Balaban J connectivity index is 0.000000299. The van der Waals surface area contributed by atoms with E-state index in [1.165, 1.54) is 34.2 Å². The van der Waals surface area contributed by atoms with Crippen LogP contribution in [0.25, 0.3) is 5.78 Å². The Kier molecular flexibility index (Phi) is 29.3. The van der Waals surface area contributed by atoms with Gasteiger partial charge in [0.1, 0.15) is 30.3 Å². The summed E-state index contributed by atoms with van der Waals surface area (Å²) in [6, 6.07) is 2.60. The van der Waals surface area contributed by atoms with Crippen molar-refractivity contribution in [1.82, 2.24) is 104 Å². The van der Waals surface area contributed by atoms with Crippen molar-refractivity contribution in [2.45, 2.75) is 93.3 Å². The van der Waals surface area contributed by atoms with Gasteiger partial charge in [0.05, 0.1) is 42.8 Å². The molecule has 11 rings (SSSR count). The van der Waals surface area contributed by atoms with Crippen LogP contribution in [0.5, 0.6) is 0 Å². The van der Waals surface area contributed by atoms with Crippen LogP contribution in [-0.4, -0.2) is 145 Å². The number of azo groups is 1. The number of H-pyrrole nitrogens is 7. The Hall–Kier alpha value is -10.3. The fourth-order valence-corrected chi connectivity index (χ4v) is 5.03. The van der Waals surface area contributed by atoms with Crippen molar-refractivity contribution in [3.8, 4) is 0 Å². The van der Waals surface area contributed by atoms with E-state index in [1.54, 1.807) is 63.0 Å². The number of aliphatic imine (C=N–C) groups is 1. The summed E-state index contributed by atoms with van der Waals surface area (Å²) in [5, 5.41) is 41.7. The smallest absolute Gasteiger partial charge is 0.353 e. The van der Waals surface area contributed by atoms with Gasteiger partial charge in [0.2, 0.25) is 5.96 Å². The molecule has 0 aliphatic carbocycles. The zero-order valence-corrected chi connectivity index (χ0v) is 44.9. The lowest BCUT2D eigenvalue weighted by atomic mass is 10.2. The molecule has 0 amide bonds. The van der Waals surface area contributed by atoms with Gasteiger partial charge in [-0.05, 0) is 47.6 Å².